The van der Waals surface area contributed by atoms with Crippen molar-refractivity contribution in [2.24, 2.45) is 0 Å². The van der Waals surface area contributed by atoms with Crippen molar-refractivity contribution in [3.8, 4) is 0 Å². The molecule has 0 saturated heterocycles. The zero-order valence-electron chi connectivity index (χ0n) is 5.23. The van der Waals surface area contributed by atoms with Crippen molar-refractivity contribution in [1.82, 2.24) is 14.9 Å². The Labute approximate surface area is 69.6 Å². The molecular weight excluding hydrogens is 168 g/mol. The molecule has 0 aliphatic carbocycles. The van der Waals surface area contributed by atoms with Crippen molar-refractivity contribution < 1.29 is 0 Å². The molecule has 56 valence electrons. The molecule has 10 heavy (non-hydrogen) atoms. The molecule has 1 rings (SSSR count). The van der Waals surface area contributed by atoms with Crippen LogP contribution in [0.5, 0.6) is 0 Å². The van der Waals surface area contributed by atoms with Gasteiger partial charge in [-0.05, 0) is 0 Å². The van der Waals surface area contributed by atoms with E-state index < -0.39 is 0 Å². The standard InChI is InChI=1S/C4H8N4S2/c5-8-3(1-9)6-7-4(8)2-10/h9-10H,1-2,5H2. The third kappa shape index (κ3) is 1.22. The van der Waals surface area contributed by atoms with Gasteiger partial charge in [-0.25, -0.2) is 4.68 Å². The van der Waals surface area contributed by atoms with Crippen LogP contribution in [-0.4, -0.2) is 14.9 Å². The van der Waals surface area contributed by atoms with E-state index >= 15 is 0 Å². The van der Waals surface area contributed by atoms with Gasteiger partial charge in [0.15, 0.2) is 11.6 Å². The van der Waals surface area contributed by atoms with Crippen molar-refractivity contribution in [2.75, 3.05) is 5.84 Å². The lowest BCUT2D eigenvalue weighted by Gasteiger charge is -1.96. The van der Waals surface area contributed by atoms with Gasteiger partial charge in [-0.3, -0.25) is 0 Å². The maximum atomic E-state index is 5.52. The van der Waals surface area contributed by atoms with Crippen LogP contribution in [-0.2, 0) is 11.5 Å². The van der Waals surface area contributed by atoms with Gasteiger partial charge in [0.2, 0.25) is 0 Å². The lowest BCUT2D eigenvalue weighted by atomic mass is 10.7. The first-order valence-electron chi connectivity index (χ1n) is 2.69. The van der Waals surface area contributed by atoms with Gasteiger partial charge >= 0.3 is 0 Å². The molecule has 0 fully saturated rings. The number of rotatable bonds is 2. The molecule has 1 aromatic rings. The van der Waals surface area contributed by atoms with Crippen LogP contribution in [0.15, 0.2) is 0 Å². The Morgan fingerprint density at radius 2 is 1.60 bits per heavy atom. The van der Waals surface area contributed by atoms with Crippen LogP contribution >= 0.6 is 25.3 Å². The van der Waals surface area contributed by atoms with Crippen LogP contribution in [0, 0.1) is 0 Å². The zero-order valence-corrected chi connectivity index (χ0v) is 7.02. The van der Waals surface area contributed by atoms with Crippen LogP contribution < -0.4 is 5.84 Å². The average molecular weight is 176 g/mol. The fraction of sp³-hybridized carbons (Fsp3) is 0.500. The molecule has 0 saturated carbocycles. The van der Waals surface area contributed by atoms with Gasteiger partial charge in [0.05, 0.1) is 11.5 Å². The molecule has 0 spiro atoms. The third-order valence-corrected chi connectivity index (χ3v) is 1.69. The maximum absolute atomic E-state index is 5.52. The normalized spacial score (nSPS) is 10.2. The minimum Gasteiger partial charge on any atom is -0.336 e. The molecule has 2 N–H and O–H groups in total. The second-order valence-electron chi connectivity index (χ2n) is 1.72. The van der Waals surface area contributed by atoms with Crippen LogP contribution in [0.3, 0.4) is 0 Å². The van der Waals surface area contributed by atoms with Crippen LogP contribution in [0.4, 0.5) is 0 Å². The van der Waals surface area contributed by atoms with Crippen LogP contribution in [0.25, 0.3) is 0 Å². The summed E-state index contributed by atoms with van der Waals surface area (Å²) in [5.41, 5.74) is 0. The molecular formula is C4H8N4S2. The summed E-state index contributed by atoms with van der Waals surface area (Å²) in [5, 5.41) is 7.54. The van der Waals surface area contributed by atoms with Gasteiger partial charge in [-0.1, -0.05) is 0 Å². The molecule has 0 amide bonds. The number of nitrogens with zero attached hydrogens (tertiary/aromatic N) is 3. The predicted molar refractivity (Wildman–Crippen MR) is 45.6 cm³/mol. The molecule has 0 bridgehead atoms. The fourth-order valence-electron chi connectivity index (χ4n) is 0.576. The Hall–Kier alpha value is -0.360. The van der Waals surface area contributed by atoms with E-state index in [1.807, 2.05) is 0 Å². The quantitative estimate of drug-likeness (QED) is 0.434. The second-order valence-corrected chi connectivity index (χ2v) is 2.35. The van der Waals surface area contributed by atoms with E-state index in [1.165, 1.54) is 4.68 Å². The minimum atomic E-state index is 0.497. The summed E-state index contributed by atoms with van der Waals surface area (Å²) in [5.74, 6) is 7.83. The Bertz CT molecular complexity index is 200. The van der Waals surface area contributed by atoms with Gasteiger partial charge in [-0.15, -0.1) is 10.2 Å². The highest BCUT2D eigenvalue weighted by Gasteiger charge is 2.04. The van der Waals surface area contributed by atoms with E-state index in [0.29, 0.717) is 23.2 Å². The number of aromatic nitrogens is 3. The van der Waals surface area contributed by atoms with E-state index in [2.05, 4.69) is 35.5 Å². The van der Waals surface area contributed by atoms with E-state index in [0.717, 1.165) is 0 Å². The van der Waals surface area contributed by atoms with Gasteiger partial charge in [0, 0.05) is 0 Å². The van der Waals surface area contributed by atoms with Gasteiger partial charge in [-0.2, -0.15) is 25.3 Å². The number of nitrogens with two attached hydrogens (primary N) is 1. The third-order valence-electron chi connectivity index (χ3n) is 1.12. The lowest BCUT2D eigenvalue weighted by Crippen LogP contribution is -2.14. The maximum Gasteiger partial charge on any atom is 0.161 e. The number of hydrogen-bond acceptors (Lipinski definition) is 5. The number of thiol groups is 2. The predicted octanol–water partition coefficient (Wildman–Crippen LogP) is -0.149. The Kier molecular flexibility index (Phi) is 2.44. The largest absolute Gasteiger partial charge is 0.336 e. The average Bonchev–Trinajstić information content (AvgIpc) is 2.30. The molecule has 0 atom stereocenters. The van der Waals surface area contributed by atoms with Gasteiger partial charge in [0.25, 0.3) is 0 Å². The first kappa shape index (κ1) is 7.74. The molecule has 0 aliphatic heterocycles. The summed E-state index contributed by atoms with van der Waals surface area (Å²) in [7, 11) is 0. The molecule has 0 unspecified atom stereocenters. The first-order valence-corrected chi connectivity index (χ1v) is 3.96. The fourth-order valence-corrected chi connectivity index (χ4v) is 1.01. The van der Waals surface area contributed by atoms with E-state index in [4.69, 9.17) is 5.84 Å². The van der Waals surface area contributed by atoms with Crippen molar-refractivity contribution in [2.45, 2.75) is 11.5 Å². The second kappa shape index (κ2) is 3.16. The molecule has 0 aliphatic rings. The smallest absolute Gasteiger partial charge is 0.161 e. The van der Waals surface area contributed by atoms with Crippen LogP contribution in [0.2, 0.25) is 0 Å². The Morgan fingerprint density at radius 1 is 1.20 bits per heavy atom. The Morgan fingerprint density at radius 3 is 1.80 bits per heavy atom. The molecule has 6 heteroatoms. The monoisotopic (exact) mass is 176 g/mol. The van der Waals surface area contributed by atoms with Crippen molar-refractivity contribution in [1.29, 1.82) is 0 Å². The van der Waals surface area contributed by atoms with Crippen LogP contribution in [0.1, 0.15) is 11.6 Å². The van der Waals surface area contributed by atoms with Gasteiger partial charge in [0.1, 0.15) is 0 Å². The molecule has 1 aromatic heterocycles. The van der Waals surface area contributed by atoms with Crippen molar-refractivity contribution >= 4 is 25.3 Å². The number of hydrogen-bond donors (Lipinski definition) is 3. The van der Waals surface area contributed by atoms with Crippen molar-refractivity contribution in [3.05, 3.63) is 11.6 Å². The lowest BCUT2D eigenvalue weighted by molar-refractivity contribution is 0.877. The summed E-state index contributed by atoms with van der Waals surface area (Å²) in [6.07, 6.45) is 0. The summed E-state index contributed by atoms with van der Waals surface area (Å²) < 4.78 is 1.40. The van der Waals surface area contributed by atoms with Crippen molar-refractivity contribution in [3.63, 3.8) is 0 Å². The highest BCUT2D eigenvalue weighted by Crippen LogP contribution is 2.01. The Balaban J connectivity index is 2.97. The molecule has 0 radical (unpaired) electrons. The molecule has 4 nitrogen and oxygen atoms in total. The molecule has 1 heterocycles. The highest BCUT2D eigenvalue weighted by molar-refractivity contribution is 7.79. The number of nitrogen functional groups attached to an aromatic ring is 1. The summed E-state index contributed by atoms with van der Waals surface area (Å²) in [6.45, 7) is 0. The summed E-state index contributed by atoms with van der Waals surface area (Å²) >= 11 is 8.01. The SMILES string of the molecule is Nn1c(CS)nnc1CS. The van der Waals surface area contributed by atoms with E-state index in [1.54, 1.807) is 0 Å². The summed E-state index contributed by atoms with van der Waals surface area (Å²) in [4.78, 5) is 0. The zero-order chi connectivity index (χ0) is 7.56. The first-order chi connectivity index (χ1) is 4.79. The molecule has 0 aromatic carbocycles. The topological polar surface area (TPSA) is 56.7 Å². The summed E-state index contributed by atoms with van der Waals surface area (Å²) in [6, 6.07) is 0. The minimum absolute atomic E-state index is 0.497. The highest BCUT2D eigenvalue weighted by atomic mass is 32.1. The van der Waals surface area contributed by atoms with E-state index in [9.17, 15) is 0 Å². The van der Waals surface area contributed by atoms with E-state index in [-0.39, 0.29) is 0 Å². The van der Waals surface area contributed by atoms with Gasteiger partial charge < -0.3 is 5.84 Å².